The Morgan fingerprint density at radius 2 is 1.70 bits per heavy atom. The van der Waals surface area contributed by atoms with Gasteiger partial charge in [-0.3, -0.25) is 24.2 Å². The third kappa shape index (κ3) is 6.25. The Labute approximate surface area is 359 Å². The Morgan fingerprint density at radius 3 is 2.41 bits per heavy atom. The first-order valence-electron chi connectivity index (χ1n) is 22.5. The summed E-state index contributed by atoms with van der Waals surface area (Å²) in [5.74, 6) is -0.945. The van der Waals surface area contributed by atoms with Crippen LogP contribution < -0.4 is 9.64 Å². The summed E-state index contributed by atoms with van der Waals surface area (Å²) in [5, 5.41) is 26.7. The van der Waals surface area contributed by atoms with Crippen LogP contribution in [-0.4, -0.2) is 133 Å². The molecule has 4 fully saturated rings. The van der Waals surface area contributed by atoms with Gasteiger partial charge >= 0.3 is 17.9 Å². The summed E-state index contributed by atoms with van der Waals surface area (Å²) in [6.45, 7) is 9.39. The molecule has 0 amide bonds. The fourth-order valence-electron chi connectivity index (χ4n) is 14.2. The minimum absolute atomic E-state index is 0.0200. The summed E-state index contributed by atoms with van der Waals surface area (Å²) in [5.41, 5.74) is 1.46. The van der Waals surface area contributed by atoms with Crippen LogP contribution in [0.15, 0.2) is 36.4 Å². The van der Waals surface area contributed by atoms with E-state index in [0.717, 1.165) is 78.0 Å². The van der Waals surface area contributed by atoms with E-state index in [1.807, 2.05) is 13.1 Å². The highest BCUT2D eigenvalue weighted by Gasteiger charge is 2.75. The molecule has 1 aliphatic carbocycles. The molecule has 5 aliphatic heterocycles. The number of hydrogen-bond donors (Lipinski definition) is 3. The molecule has 2 aromatic carbocycles. The number of nitrogens with one attached hydrogen (secondary N) is 1. The van der Waals surface area contributed by atoms with E-state index < -0.39 is 46.1 Å². The Balaban J connectivity index is 1.34. The number of carbonyl (C=O) groups is 3. The average molecular weight is 841 g/mol. The fourth-order valence-corrected chi connectivity index (χ4v) is 14.2. The summed E-state index contributed by atoms with van der Waals surface area (Å²) in [6.07, 6.45) is 3.61. The van der Waals surface area contributed by atoms with Gasteiger partial charge < -0.3 is 39.0 Å². The van der Waals surface area contributed by atoms with Crippen molar-refractivity contribution >= 4 is 34.5 Å². The van der Waals surface area contributed by atoms with E-state index in [2.05, 4.69) is 63.9 Å². The predicted molar refractivity (Wildman–Crippen MR) is 230 cm³/mol. The summed E-state index contributed by atoms with van der Waals surface area (Å²) in [7, 11) is 6.41. The Hall–Kier alpha value is -4.17. The lowest BCUT2D eigenvalue weighted by molar-refractivity contribution is -0.218. The molecular formula is C48H64N4O9. The number of methoxy groups -OCH3 is 3. The Bertz CT molecular complexity index is 2230. The molecule has 5 unspecified atom stereocenters. The van der Waals surface area contributed by atoms with Crippen LogP contribution in [0.1, 0.15) is 94.5 Å². The minimum Gasteiger partial charge on any atom is -0.496 e. The van der Waals surface area contributed by atoms with Gasteiger partial charge in [0, 0.05) is 84.9 Å². The minimum atomic E-state index is -1.82. The van der Waals surface area contributed by atoms with E-state index in [1.165, 1.54) is 21.1 Å². The molecule has 1 saturated carbocycles. The first kappa shape index (κ1) is 42.1. The molecule has 1 aromatic heterocycles. The van der Waals surface area contributed by atoms with Crippen LogP contribution >= 0.6 is 0 Å². The topological polar surface area (TPSA) is 154 Å². The van der Waals surface area contributed by atoms with Gasteiger partial charge in [-0.1, -0.05) is 38.5 Å². The summed E-state index contributed by atoms with van der Waals surface area (Å²) < 4.78 is 23.6. The predicted octanol–water partition coefficient (Wildman–Crippen LogP) is 4.85. The lowest BCUT2D eigenvalue weighted by Gasteiger charge is -2.62. The van der Waals surface area contributed by atoms with E-state index in [-0.39, 0.29) is 42.6 Å². The largest absolute Gasteiger partial charge is 0.496 e. The zero-order valence-electron chi connectivity index (χ0n) is 36.9. The maximum atomic E-state index is 14.2. The number of anilines is 1. The van der Waals surface area contributed by atoms with Crippen molar-refractivity contribution in [3.8, 4) is 5.75 Å². The quantitative estimate of drug-likeness (QED) is 0.200. The van der Waals surface area contributed by atoms with Crippen molar-refractivity contribution in [3.05, 3.63) is 58.8 Å². The molecule has 3 N–H and O–H groups in total. The lowest BCUT2D eigenvalue weighted by Crippen LogP contribution is -2.77. The van der Waals surface area contributed by atoms with Gasteiger partial charge in [-0.25, -0.2) is 0 Å². The van der Waals surface area contributed by atoms with Gasteiger partial charge in [-0.2, -0.15) is 0 Å². The van der Waals surface area contributed by atoms with Crippen molar-refractivity contribution in [2.24, 2.45) is 17.8 Å². The number of rotatable bonds is 9. The maximum absolute atomic E-state index is 14.2. The van der Waals surface area contributed by atoms with Crippen LogP contribution in [-0.2, 0) is 45.8 Å². The van der Waals surface area contributed by atoms with E-state index in [4.69, 9.17) is 18.9 Å². The van der Waals surface area contributed by atoms with E-state index in [1.54, 1.807) is 7.11 Å². The van der Waals surface area contributed by atoms with Gasteiger partial charge in [0.05, 0.1) is 51.2 Å². The van der Waals surface area contributed by atoms with Crippen LogP contribution in [0.2, 0.25) is 0 Å². The zero-order chi connectivity index (χ0) is 43.2. The number of H-pyrrole nitrogens is 1. The second-order valence-corrected chi connectivity index (χ2v) is 19.4. The third-order valence-electron chi connectivity index (χ3n) is 16.5. The molecule has 9 rings (SSSR count). The molecule has 3 saturated heterocycles. The van der Waals surface area contributed by atoms with Crippen molar-refractivity contribution in [1.82, 2.24) is 14.8 Å². The monoisotopic (exact) mass is 840 g/mol. The molecule has 6 heterocycles. The normalized spacial score (nSPS) is 36.4. The van der Waals surface area contributed by atoms with Crippen molar-refractivity contribution < 1.29 is 43.5 Å². The van der Waals surface area contributed by atoms with Crippen LogP contribution in [0.3, 0.4) is 0 Å². The van der Waals surface area contributed by atoms with E-state index in [9.17, 15) is 24.6 Å². The Morgan fingerprint density at radius 1 is 0.951 bits per heavy atom. The molecule has 330 valence electrons. The highest BCUT2D eigenvalue weighted by molar-refractivity contribution is 5.87. The van der Waals surface area contributed by atoms with Crippen molar-refractivity contribution in [2.45, 2.75) is 119 Å². The second kappa shape index (κ2) is 15.3. The van der Waals surface area contributed by atoms with Gasteiger partial charge in [0.2, 0.25) is 0 Å². The van der Waals surface area contributed by atoms with Crippen molar-refractivity contribution in [3.63, 3.8) is 0 Å². The van der Waals surface area contributed by atoms with Crippen LogP contribution in [0, 0.1) is 17.8 Å². The number of aromatic nitrogens is 1. The van der Waals surface area contributed by atoms with E-state index >= 15 is 0 Å². The first-order valence-corrected chi connectivity index (χ1v) is 22.5. The van der Waals surface area contributed by atoms with Crippen molar-refractivity contribution in [2.75, 3.05) is 66.0 Å². The molecule has 61 heavy (non-hydrogen) atoms. The molecular weight excluding hydrogens is 777 g/mol. The SMILES string of the molecule is CC[C@H]1CCN2CC[C@]34c5cc([C@@]6(CC(=O)OC)CC7CN(CCc8c6[nH]c6ccccc86)CC(O)(CC)C7)c(OC)cc5N(C)[C@H]3C(O)(CC(=O)OC)[C@H](OC(C)=O)C1[C@H]24. The Kier molecular flexibility index (Phi) is 10.6. The number of piperidine rings is 2. The molecule has 0 radical (unpaired) electrons. The molecule has 1 spiro atoms. The lowest BCUT2D eigenvalue weighted by atomic mass is 9.50. The number of ether oxygens (including phenoxy) is 4. The number of carbonyl (C=O) groups excluding carboxylic acids is 3. The van der Waals surface area contributed by atoms with Gasteiger partial charge in [-0.05, 0) is 86.7 Å². The highest BCUT2D eigenvalue weighted by atomic mass is 16.6. The van der Waals surface area contributed by atoms with Gasteiger partial charge in [0.25, 0.3) is 0 Å². The average Bonchev–Trinajstić information content (AvgIpc) is 3.90. The summed E-state index contributed by atoms with van der Waals surface area (Å²) in [6, 6.07) is 11.9. The van der Waals surface area contributed by atoms with Gasteiger partial charge in [0.15, 0.2) is 0 Å². The fraction of sp³-hybridized carbons (Fsp3) is 0.646. The maximum Gasteiger partial charge on any atom is 0.308 e. The number of para-hydroxylation sites is 1. The second-order valence-electron chi connectivity index (χ2n) is 19.4. The van der Waals surface area contributed by atoms with Crippen molar-refractivity contribution in [1.29, 1.82) is 0 Å². The van der Waals surface area contributed by atoms with Gasteiger partial charge in [-0.15, -0.1) is 0 Å². The number of nitrogens with zero attached hydrogens (tertiary/aromatic N) is 3. The number of aliphatic hydroxyl groups is 2. The summed E-state index contributed by atoms with van der Waals surface area (Å²) in [4.78, 5) is 51.7. The molecule has 3 aromatic rings. The van der Waals surface area contributed by atoms with Crippen LogP contribution in [0.5, 0.6) is 5.75 Å². The standard InChI is InChI=1S/C48H64N4O9/c1-8-30-14-18-52-19-16-47-33-20-34(37(58-5)21-36(33)50(4)44(47)48(57,25-39(55)60-7)43(61-28(3)53)40(30)42(47)52)46(24-38(54)59-6)23-29-22-45(56,9-2)27-51(26-29)17-15-32-31-12-10-11-13-35(31)49-41(32)46/h10-13,20-21,29-30,40,42-44,49,56-57H,8-9,14-19,22-27H2,1-7H3/t29?,30-,40?,42-,43+,44+,45?,46-,47+,48?/m0/s1. The smallest absolute Gasteiger partial charge is 0.308 e. The number of hydrogen-bond acceptors (Lipinski definition) is 12. The summed E-state index contributed by atoms with van der Waals surface area (Å²) >= 11 is 0. The molecule has 2 bridgehead atoms. The van der Waals surface area contributed by atoms with E-state index in [0.29, 0.717) is 44.4 Å². The first-order chi connectivity index (χ1) is 29.2. The molecule has 6 aliphatic rings. The molecule has 11 atom stereocenters. The van der Waals surface area contributed by atoms with Gasteiger partial charge in [0.1, 0.15) is 17.5 Å². The number of esters is 3. The van der Waals surface area contributed by atoms with Crippen LogP contribution in [0.25, 0.3) is 10.9 Å². The number of fused-ring (bicyclic) bond motifs is 6. The number of likely N-dealkylation sites (N-methyl/N-ethyl adjacent to an activating group) is 1. The zero-order valence-corrected chi connectivity index (χ0v) is 36.9. The van der Waals surface area contributed by atoms with Crippen LogP contribution in [0.4, 0.5) is 5.69 Å². The number of benzene rings is 2. The molecule has 13 nitrogen and oxygen atoms in total. The molecule has 13 heteroatoms. The number of aromatic amines is 1. The highest BCUT2D eigenvalue weighted by Crippen LogP contribution is 2.66. The third-order valence-corrected chi connectivity index (χ3v) is 16.5.